The van der Waals surface area contributed by atoms with Crippen molar-refractivity contribution < 1.29 is 9.53 Å². The molecule has 0 saturated heterocycles. The SMILES string of the molecule is CC1CCc2c(sc3ncn(C(C)C(=O)OC4CCCCC4)c(=O)c23)C1. The number of ether oxygens (including phenoxy) is 1. The summed E-state index contributed by atoms with van der Waals surface area (Å²) in [6, 6.07) is -0.639. The first kappa shape index (κ1) is 17.7. The molecular formula is C20H26N2O3S. The van der Waals surface area contributed by atoms with E-state index in [1.807, 2.05) is 0 Å². The van der Waals surface area contributed by atoms with Gasteiger partial charge in [-0.15, -0.1) is 11.3 Å². The molecule has 4 rings (SSSR count). The molecule has 2 heterocycles. The zero-order valence-corrected chi connectivity index (χ0v) is 16.3. The van der Waals surface area contributed by atoms with Crippen LogP contribution in [0.1, 0.15) is 68.9 Å². The lowest BCUT2D eigenvalue weighted by Crippen LogP contribution is -2.32. The Bertz CT molecular complexity index is 879. The van der Waals surface area contributed by atoms with Gasteiger partial charge in [0.25, 0.3) is 5.56 Å². The van der Waals surface area contributed by atoms with Gasteiger partial charge in [-0.1, -0.05) is 13.3 Å². The molecule has 2 aliphatic rings. The minimum Gasteiger partial charge on any atom is -0.461 e. The molecule has 0 bridgehead atoms. The highest BCUT2D eigenvalue weighted by Gasteiger charge is 2.27. The Labute approximate surface area is 157 Å². The Hall–Kier alpha value is -1.69. The average molecular weight is 375 g/mol. The van der Waals surface area contributed by atoms with Gasteiger partial charge in [0.05, 0.1) is 11.7 Å². The largest absolute Gasteiger partial charge is 0.461 e. The van der Waals surface area contributed by atoms with E-state index in [1.54, 1.807) is 18.3 Å². The number of nitrogens with zero attached hydrogens (tertiary/aromatic N) is 2. The van der Waals surface area contributed by atoms with Crippen LogP contribution in [0.15, 0.2) is 11.1 Å². The Kier molecular flexibility index (Phi) is 4.86. The molecule has 6 heteroatoms. The normalized spacial score (nSPS) is 22.2. The molecule has 0 N–H and O–H groups in total. The Balaban J connectivity index is 1.63. The molecule has 0 aromatic carbocycles. The van der Waals surface area contributed by atoms with Gasteiger partial charge in [0.2, 0.25) is 0 Å². The number of carbonyl (C=O) groups excluding carboxylic acids is 1. The number of esters is 1. The van der Waals surface area contributed by atoms with Crippen molar-refractivity contribution in [3.63, 3.8) is 0 Å². The number of hydrogen-bond acceptors (Lipinski definition) is 5. The Morgan fingerprint density at radius 1 is 1.31 bits per heavy atom. The predicted octanol–water partition coefficient (Wildman–Crippen LogP) is 4.02. The van der Waals surface area contributed by atoms with E-state index in [9.17, 15) is 9.59 Å². The second-order valence-electron chi connectivity index (χ2n) is 7.86. The fraction of sp³-hybridized carbons (Fsp3) is 0.650. The van der Waals surface area contributed by atoms with Crippen LogP contribution in [0, 0.1) is 5.92 Å². The summed E-state index contributed by atoms with van der Waals surface area (Å²) < 4.78 is 7.12. The number of thiophene rings is 1. The molecule has 0 aliphatic heterocycles. The molecule has 2 aromatic rings. The monoisotopic (exact) mass is 374 g/mol. The summed E-state index contributed by atoms with van der Waals surface area (Å²) in [6.45, 7) is 3.99. The summed E-state index contributed by atoms with van der Waals surface area (Å²) in [5.74, 6) is 0.333. The van der Waals surface area contributed by atoms with Crippen LogP contribution < -0.4 is 5.56 Å². The molecule has 1 saturated carbocycles. The van der Waals surface area contributed by atoms with Gasteiger partial charge in [0, 0.05) is 4.88 Å². The number of aryl methyl sites for hydroxylation is 1. The smallest absolute Gasteiger partial charge is 0.329 e. The number of aromatic nitrogens is 2. The molecule has 0 radical (unpaired) electrons. The van der Waals surface area contributed by atoms with Crippen LogP contribution in [0.25, 0.3) is 10.2 Å². The van der Waals surface area contributed by atoms with Gasteiger partial charge in [0.1, 0.15) is 17.0 Å². The third-order valence-corrected chi connectivity index (χ3v) is 7.00. The second kappa shape index (κ2) is 7.14. The van der Waals surface area contributed by atoms with Gasteiger partial charge in [-0.3, -0.25) is 9.36 Å². The summed E-state index contributed by atoms with van der Waals surface area (Å²) in [5.41, 5.74) is 1.05. The van der Waals surface area contributed by atoms with Crippen LogP contribution in [-0.2, 0) is 22.4 Å². The molecule has 2 aromatic heterocycles. The van der Waals surface area contributed by atoms with Crippen molar-refractivity contribution in [2.75, 3.05) is 0 Å². The zero-order valence-electron chi connectivity index (χ0n) is 15.5. The summed E-state index contributed by atoms with van der Waals surface area (Å²) >= 11 is 1.63. The van der Waals surface area contributed by atoms with Gasteiger partial charge in [-0.2, -0.15) is 0 Å². The third-order valence-electron chi connectivity index (χ3n) is 5.83. The standard InChI is InChI=1S/C20H26N2O3S/c1-12-8-9-15-16(10-12)26-18-17(15)19(23)22(11-21-18)13(2)20(24)25-14-6-4-3-5-7-14/h11-14H,3-10H2,1-2H3. The van der Waals surface area contributed by atoms with E-state index in [1.165, 1.54) is 22.2 Å². The maximum Gasteiger partial charge on any atom is 0.329 e. The molecule has 5 nitrogen and oxygen atoms in total. The van der Waals surface area contributed by atoms with E-state index in [2.05, 4.69) is 11.9 Å². The highest BCUT2D eigenvalue weighted by Crippen LogP contribution is 2.35. The van der Waals surface area contributed by atoms with Gasteiger partial charge in [-0.05, 0) is 63.4 Å². The molecule has 140 valence electrons. The lowest BCUT2D eigenvalue weighted by atomic mass is 9.89. The minimum atomic E-state index is -0.639. The predicted molar refractivity (Wildman–Crippen MR) is 103 cm³/mol. The van der Waals surface area contributed by atoms with Crippen molar-refractivity contribution in [2.45, 2.75) is 77.4 Å². The van der Waals surface area contributed by atoms with Crippen LogP contribution in [0.3, 0.4) is 0 Å². The third kappa shape index (κ3) is 3.20. The Morgan fingerprint density at radius 2 is 2.08 bits per heavy atom. The van der Waals surface area contributed by atoms with Crippen LogP contribution >= 0.6 is 11.3 Å². The summed E-state index contributed by atoms with van der Waals surface area (Å²) in [6.07, 6.45) is 9.87. The van der Waals surface area contributed by atoms with Gasteiger partial charge in [0.15, 0.2) is 0 Å². The Morgan fingerprint density at radius 3 is 2.85 bits per heavy atom. The fourth-order valence-electron chi connectivity index (χ4n) is 4.18. The summed E-state index contributed by atoms with van der Waals surface area (Å²) in [4.78, 5) is 32.3. The summed E-state index contributed by atoms with van der Waals surface area (Å²) in [5, 5.41) is 0.719. The van der Waals surface area contributed by atoms with Crippen molar-refractivity contribution in [3.05, 3.63) is 27.1 Å². The maximum atomic E-state index is 13.1. The van der Waals surface area contributed by atoms with Crippen molar-refractivity contribution >= 4 is 27.5 Å². The molecule has 0 amide bonds. The highest BCUT2D eigenvalue weighted by molar-refractivity contribution is 7.18. The van der Waals surface area contributed by atoms with Crippen LogP contribution in [0.2, 0.25) is 0 Å². The van der Waals surface area contributed by atoms with Crippen molar-refractivity contribution in [1.29, 1.82) is 0 Å². The second-order valence-corrected chi connectivity index (χ2v) is 8.95. The molecule has 1 fully saturated rings. The molecule has 26 heavy (non-hydrogen) atoms. The molecular weight excluding hydrogens is 348 g/mol. The molecule has 2 atom stereocenters. The lowest BCUT2D eigenvalue weighted by molar-refractivity contribution is -0.154. The first-order chi connectivity index (χ1) is 12.5. The fourth-order valence-corrected chi connectivity index (χ4v) is 5.52. The van der Waals surface area contributed by atoms with Gasteiger partial charge < -0.3 is 4.74 Å². The van der Waals surface area contributed by atoms with Gasteiger partial charge in [-0.25, -0.2) is 9.78 Å². The number of carbonyl (C=O) groups is 1. The minimum absolute atomic E-state index is 0.00138. The number of rotatable bonds is 3. The van der Waals surface area contributed by atoms with Crippen LogP contribution in [0.4, 0.5) is 0 Å². The first-order valence-corrected chi connectivity index (χ1v) is 10.6. The van der Waals surface area contributed by atoms with Crippen LogP contribution in [0.5, 0.6) is 0 Å². The molecule has 0 spiro atoms. The van der Waals surface area contributed by atoms with E-state index < -0.39 is 6.04 Å². The zero-order chi connectivity index (χ0) is 18.3. The van der Waals surface area contributed by atoms with E-state index in [0.29, 0.717) is 5.92 Å². The number of hydrogen-bond donors (Lipinski definition) is 0. The number of fused-ring (bicyclic) bond motifs is 3. The first-order valence-electron chi connectivity index (χ1n) is 9.76. The maximum absolute atomic E-state index is 13.1. The van der Waals surface area contributed by atoms with Crippen molar-refractivity contribution in [3.8, 4) is 0 Å². The quantitative estimate of drug-likeness (QED) is 0.761. The topological polar surface area (TPSA) is 61.2 Å². The molecule has 2 unspecified atom stereocenters. The van der Waals surface area contributed by atoms with Crippen molar-refractivity contribution in [1.82, 2.24) is 9.55 Å². The van der Waals surface area contributed by atoms with E-state index >= 15 is 0 Å². The van der Waals surface area contributed by atoms with Gasteiger partial charge >= 0.3 is 5.97 Å². The van der Waals surface area contributed by atoms with Crippen molar-refractivity contribution in [2.24, 2.45) is 5.92 Å². The van der Waals surface area contributed by atoms with E-state index in [4.69, 9.17) is 4.74 Å². The summed E-state index contributed by atoms with van der Waals surface area (Å²) in [7, 11) is 0. The van der Waals surface area contributed by atoms with Crippen LogP contribution in [-0.4, -0.2) is 21.6 Å². The lowest BCUT2D eigenvalue weighted by Gasteiger charge is -2.24. The average Bonchev–Trinajstić information content (AvgIpc) is 3.00. The molecule has 2 aliphatic carbocycles. The van der Waals surface area contributed by atoms with E-state index in [0.717, 1.165) is 60.7 Å². The highest BCUT2D eigenvalue weighted by atomic mass is 32.1. The van der Waals surface area contributed by atoms with E-state index in [-0.39, 0.29) is 17.6 Å².